The van der Waals surface area contributed by atoms with E-state index < -0.39 is 0 Å². The molecule has 3 nitrogen and oxygen atoms in total. The van der Waals surface area contributed by atoms with Crippen LogP contribution in [0.25, 0.3) is 0 Å². The molecular formula is C17H23FN2O. The molecule has 0 bridgehead atoms. The lowest BCUT2D eigenvalue weighted by Gasteiger charge is -2.37. The van der Waals surface area contributed by atoms with Crippen molar-refractivity contribution in [1.82, 2.24) is 10.2 Å². The molecule has 1 saturated heterocycles. The summed E-state index contributed by atoms with van der Waals surface area (Å²) in [6.07, 6.45) is 2.03. The highest BCUT2D eigenvalue weighted by Gasteiger charge is 2.54. The number of piperazine rings is 1. The van der Waals surface area contributed by atoms with Crippen LogP contribution >= 0.6 is 0 Å². The van der Waals surface area contributed by atoms with Crippen LogP contribution < -0.4 is 5.32 Å². The van der Waals surface area contributed by atoms with E-state index in [4.69, 9.17) is 0 Å². The van der Waals surface area contributed by atoms with Crippen LogP contribution in [-0.2, 0) is 4.79 Å². The van der Waals surface area contributed by atoms with Gasteiger partial charge in [0.2, 0.25) is 5.91 Å². The maximum atomic E-state index is 13.5. The first-order valence-electron chi connectivity index (χ1n) is 7.82. The van der Waals surface area contributed by atoms with Gasteiger partial charge < -0.3 is 10.2 Å². The second-order valence-corrected chi connectivity index (χ2v) is 6.57. The Morgan fingerprint density at radius 1 is 1.52 bits per heavy atom. The molecule has 3 rings (SSSR count). The predicted molar refractivity (Wildman–Crippen MR) is 80.2 cm³/mol. The first-order valence-corrected chi connectivity index (χ1v) is 7.82. The van der Waals surface area contributed by atoms with Gasteiger partial charge >= 0.3 is 0 Å². The second-order valence-electron chi connectivity index (χ2n) is 6.57. The zero-order valence-electron chi connectivity index (χ0n) is 12.7. The molecule has 1 N–H and O–H groups in total. The quantitative estimate of drug-likeness (QED) is 0.928. The van der Waals surface area contributed by atoms with E-state index in [-0.39, 0.29) is 29.1 Å². The third kappa shape index (κ3) is 2.69. The van der Waals surface area contributed by atoms with E-state index in [1.54, 1.807) is 12.1 Å². The number of carbonyl (C=O) groups excluding carboxylic acids is 1. The normalized spacial score (nSPS) is 32.0. The van der Waals surface area contributed by atoms with Crippen LogP contribution in [0.4, 0.5) is 4.39 Å². The fourth-order valence-electron chi connectivity index (χ4n) is 3.36. The van der Waals surface area contributed by atoms with Crippen molar-refractivity contribution in [2.45, 2.75) is 32.7 Å². The van der Waals surface area contributed by atoms with E-state index in [1.807, 2.05) is 11.0 Å². The van der Waals surface area contributed by atoms with Crippen molar-refractivity contribution in [2.75, 3.05) is 19.6 Å². The number of rotatable bonds is 3. The Morgan fingerprint density at radius 3 is 3.00 bits per heavy atom. The number of nitrogens with one attached hydrogen (secondary N) is 1. The van der Waals surface area contributed by atoms with E-state index in [0.717, 1.165) is 24.9 Å². The molecule has 2 fully saturated rings. The minimum atomic E-state index is -0.240. The van der Waals surface area contributed by atoms with Gasteiger partial charge in [-0.15, -0.1) is 0 Å². The number of carbonyl (C=O) groups is 1. The molecule has 1 amide bonds. The second kappa shape index (κ2) is 5.41. The first kappa shape index (κ1) is 14.5. The summed E-state index contributed by atoms with van der Waals surface area (Å²) in [5.41, 5.74) is 1.06. The highest BCUT2D eigenvalue weighted by Crippen LogP contribution is 2.56. The minimum Gasteiger partial charge on any atom is -0.333 e. The van der Waals surface area contributed by atoms with Crippen LogP contribution in [0, 0.1) is 17.2 Å². The van der Waals surface area contributed by atoms with Crippen molar-refractivity contribution in [3.8, 4) is 0 Å². The van der Waals surface area contributed by atoms with Crippen molar-refractivity contribution < 1.29 is 9.18 Å². The van der Waals surface area contributed by atoms with Gasteiger partial charge in [0.1, 0.15) is 5.82 Å². The van der Waals surface area contributed by atoms with Crippen LogP contribution in [0.5, 0.6) is 0 Å². The zero-order chi connectivity index (χ0) is 15.0. The molecule has 3 unspecified atom stereocenters. The Morgan fingerprint density at radius 2 is 2.33 bits per heavy atom. The fourth-order valence-corrected chi connectivity index (χ4v) is 3.36. The van der Waals surface area contributed by atoms with Crippen molar-refractivity contribution in [2.24, 2.45) is 11.3 Å². The smallest absolute Gasteiger partial charge is 0.226 e. The van der Waals surface area contributed by atoms with E-state index in [0.29, 0.717) is 13.1 Å². The van der Waals surface area contributed by atoms with Gasteiger partial charge in [-0.05, 0) is 36.0 Å². The largest absolute Gasteiger partial charge is 0.333 e. The topological polar surface area (TPSA) is 32.3 Å². The number of benzene rings is 1. The van der Waals surface area contributed by atoms with Crippen molar-refractivity contribution in [3.63, 3.8) is 0 Å². The van der Waals surface area contributed by atoms with Gasteiger partial charge in [0.15, 0.2) is 0 Å². The molecule has 0 radical (unpaired) electrons. The maximum absolute atomic E-state index is 13.5. The Balaban J connectivity index is 1.81. The Labute approximate surface area is 125 Å². The summed E-state index contributed by atoms with van der Waals surface area (Å²) in [6.45, 7) is 6.55. The van der Waals surface area contributed by atoms with Crippen LogP contribution in [0.2, 0.25) is 0 Å². The molecule has 0 spiro atoms. The summed E-state index contributed by atoms with van der Waals surface area (Å²) in [5.74, 6) is 0.155. The number of amides is 1. The number of hydrogen-bond acceptors (Lipinski definition) is 2. The number of hydrogen-bond donors (Lipinski definition) is 1. The molecule has 1 aliphatic heterocycles. The summed E-state index contributed by atoms with van der Waals surface area (Å²) < 4.78 is 13.5. The van der Waals surface area contributed by atoms with Gasteiger partial charge in [-0.3, -0.25) is 4.79 Å². The molecule has 21 heavy (non-hydrogen) atoms. The lowest BCUT2D eigenvalue weighted by atomic mass is 9.99. The van der Waals surface area contributed by atoms with E-state index in [9.17, 15) is 9.18 Å². The van der Waals surface area contributed by atoms with Gasteiger partial charge in [0.05, 0.1) is 6.04 Å². The Bertz CT molecular complexity index is 547. The molecule has 1 saturated carbocycles. The van der Waals surface area contributed by atoms with Crippen molar-refractivity contribution in [1.29, 1.82) is 0 Å². The predicted octanol–water partition coefficient (Wildman–Crippen LogP) is 2.73. The molecule has 2 aliphatic rings. The molecule has 0 aromatic heterocycles. The minimum absolute atomic E-state index is 0.0522. The zero-order valence-corrected chi connectivity index (χ0v) is 12.7. The van der Waals surface area contributed by atoms with Gasteiger partial charge in [-0.2, -0.15) is 0 Å². The first-order chi connectivity index (χ1) is 10.0. The lowest BCUT2D eigenvalue weighted by molar-refractivity contribution is -0.136. The number of nitrogens with zero attached hydrogens (tertiary/aromatic N) is 1. The average molecular weight is 290 g/mol. The van der Waals surface area contributed by atoms with E-state index in [2.05, 4.69) is 19.2 Å². The molecular weight excluding hydrogens is 267 g/mol. The molecule has 1 heterocycles. The summed E-state index contributed by atoms with van der Waals surface area (Å²) in [4.78, 5) is 14.8. The third-order valence-electron chi connectivity index (χ3n) is 5.22. The Hall–Kier alpha value is -1.42. The summed E-state index contributed by atoms with van der Waals surface area (Å²) >= 11 is 0. The highest BCUT2D eigenvalue weighted by atomic mass is 19.1. The fraction of sp³-hybridized carbons (Fsp3) is 0.588. The molecule has 1 aromatic carbocycles. The third-order valence-corrected chi connectivity index (χ3v) is 5.22. The average Bonchev–Trinajstić information content (AvgIpc) is 3.19. The molecule has 3 atom stereocenters. The van der Waals surface area contributed by atoms with Crippen LogP contribution in [0.15, 0.2) is 24.3 Å². The molecule has 114 valence electrons. The summed E-state index contributed by atoms with van der Waals surface area (Å²) in [6, 6.07) is 6.57. The monoisotopic (exact) mass is 290 g/mol. The molecule has 1 aliphatic carbocycles. The Kier molecular flexibility index (Phi) is 3.74. The van der Waals surface area contributed by atoms with Gasteiger partial charge in [0.25, 0.3) is 0 Å². The maximum Gasteiger partial charge on any atom is 0.226 e. The van der Waals surface area contributed by atoms with Crippen molar-refractivity contribution in [3.05, 3.63) is 35.6 Å². The summed E-state index contributed by atoms with van der Waals surface area (Å²) in [7, 11) is 0. The van der Waals surface area contributed by atoms with E-state index >= 15 is 0 Å². The SMILES string of the molecule is CCC1(C)CC1C(=O)N1CCNCC1c1cccc(F)c1. The molecule has 4 heteroatoms. The summed E-state index contributed by atoms with van der Waals surface area (Å²) in [5, 5.41) is 3.32. The van der Waals surface area contributed by atoms with Gasteiger partial charge in [-0.25, -0.2) is 4.39 Å². The van der Waals surface area contributed by atoms with Crippen molar-refractivity contribution >= 4 is 5.91 Å². The van der Waals surface area contributed by atoms with Crippen LogP contribution in [0.3, 0.4) is 0 Å². The standard InChI is InChI=1S/C17H23FN2O/c1-3-17(2)10-14(17)16(21)20-8-7-19-11-15(20)12-5-4-6-13(18)9-12/h4-6,9,14-15,19H,3,7-8,10-11H2,1-2H3. The molecule has 1 aromatic rings. The van der Waals surface area contributed by atoms with Crippen LogP contribution in [-0.4, -0.2) is 30.4 Å². The van der Waals surface area contributed by atoms with Gasteiger partial charge in [-0.1, -0.05) is 26.0 Å². The highest BCUT2D eigenvalue weighted by molar-refractivity contribution is 5.83. The number of halogens is 1. The van der Waals surface area contributed by atoms with Crippen LogP contribution in [0.1, 0.15) is 38.3 Å². The van der Waals surface area contributed by atoms with E-state index in [1.165, 1.54) is 6.07 Å². The van der Waals surface area contributed by atoms with Gasteiger partial charge in [0, 0.05) is 25.6 Å². The lowest BCUT2D eigenvalue weighted by Crippen LogP contribution is -2.49.